The van der Waals surface area contributed by atoms with Crippen LogP contribution in [0.1, 0.15) is 5.56 Å². The Kier molecular flexibility index (Phi) is 3.72. The molecule has 0 spiro atoms. The molecule has 0 amide bonds. The van der Waals surface area contributed by atoms with Crippen molar-refractivity contribution in [1.82, 2.24) is 0 Å². The summed E-state index contributed by atoms with van der Waals surface area (Å²) in [5.74, 6) is 0. The number of benzene rings is 5. The van der Waals surface area contributed by atoms with Crippen molar-refractivity contribution in [2.24, 2.45) is 7.05 Å². The molecule has 2 heteroatoms. The Morgan fingerprint density at radius 3 is 2.24 bits per heavy atom. The first-order chi connectivity index (χ1) is 16.2. The molecule has 2 aromatic heterocycles. The Morgan fingerprint density at radius 1 is 0.606 bits per heavy atom. The first-order valence-corrected chi connectivity index (χ1v) is 11.4. The second-order valence-electron chi connectivity index (χ2n) is 8.89. The highest BCUT2D eigenvalue weighted by molar-refractivity contribution is 6.24. The van der Waals surface area contributed by atoms with Crippen molar-refractivity contribution >= 4 is 54.4 Å². The molecule has 0 bridgehead atoms. The van der Waals surface area contributed by atoms with E-state index in [2.05, 4.69) is 116 Å². The van der Waals surface area contributed by atoms with Crippen molar-refractivity contribution in [2.45, 2.75) is 6.92 Å². The number of aromatic nitrogens is 1. The Labute approximate surface area is 191 Å². The van der Waals surface area contributed by atoms with E-state index in [1.807, 2.05) is 0 Å². The van der Waals surface area contributed by atoms with Crippen LogP contribution in [0.25, 0.3) is 65.6 Å². The summed E-state index contributed by atoms with van der Waals surface area (Å²) >= 11 is 0. The first kappa shape index (κ1) is 18.4. The number of hydrogen-bond donors (Lipinski definition) is 0. The fourth-order valence-electron chi connectivity index (χ4n) is 5.44. The highest BCUT2D eigenvalue weighted by Crippen LogP contribution is 2.41. The van der Waals surface area contributed by atoms with Crippen molar-refractivity contribution in [3.8, 4) is 11.3 Å². The van der Waals surface area contributed by atoms with Crippen LogP contribution < -0.4 is 4.57 Å². The third-order valence-corrected chi connectivity index (χ3v) is 7.07. The zero-order chi connectivity index (χ0) is 22.1. The highest BCUT2D eigenvalue weighted by atomic mass is 16.3. The number of fused-ring (bicyclic) bond motifs is 8. The smallest absolute Gasteiger partial charge is 0.216 e. The van der Waals surface area contributed by atoms with Crippen molar-refractivity contribution in [3.63, 3.8) is 0 Å². The number of nitrogens with zero attached hydrogens (tertiary/aromatic N) is 1. The van der Waals surface area contributed by atoms with Crippen molar-refractivity contribution in [2.75, 3.05) is 0 Å². The molecule has 0 saturated carbocycles. The van der Waals surface area contributed by atoms with Crippen LogP contribution in [0, 0.1) is 6.92 Å². The summed E-state index contributed by atoms with van der Waals surface area (Å²) in [5.41, 5.74) is 6.62. The summed E-state index contributed by atoms with van der Waals surface area (Å²) in [6.45, 7) is 2.17. The van der Waals surface area contributed by atoms with Crippen molar-refractivity contribution in [1.29, 1.82) is 0 Å². The second kappa shape index (κ2) is 6.66. The molecule has 0 radical (unpaired) electrons. The molecule has 0 N–H and O–H groups in total. The van der Waals surface area contributed by atoms with Crippen LogP contribution in [0.4, 0.5) is 0 Å². The molecule has 0 atom stereocenters. The standard InChI is InChI=1S/C31H22NO/c1-19-11-14-25-30-24-15-12-20-7-3-5-9-22(20)23(24)16-18-28(30)33-31(25)29(19)27-17-13-21-8-4-6-10-26(21)32(27)2/h3-18H,1-2H3/q+1. The maximum absolute atomic E-state index is 6.59. The van der Waals surface area contributed by atoms with Crippen LogP contribution in [0.3, 0.4) is 0 Å². The molecule has 33 heavy (non-hydrogen) atoms. The van der Waals surface area contributed by atoms with Gasteiger partial charge < -0.3 is 4.42 Å². The molecule has 0 aliphatic rings. The highest BCUT2D eigenvalue weighted by Gasteiger charge is 2.22. The number of aryl methyl sites for hydroxylation is 2. The van der Waals surface area contributed by atoms with Crippen LogP contribution in [-0.2, 0) is 7.05 Å². The number of para-hydroxylation sites is 1. The lowest BCUT2D eigenvalue weighted by atomic mass is 9.96. The SMILES string of the molecule is Cc1ccc2c(oc3ccc4c5ccccc5ccc4c32)c1-c1ccc2ccccc2[n+]1C. The van der Waals surface area contributed by atoms with Gasteiger partial charge >= 0.3 is 0 Å². The average molecular weight is 425 g/mol. The van der Waals surface area contributed by atoms with Gasteiger partial charge in [-0.05, 0) is 52.2 Å². The summed E-state index contributed by atoms with van der Waals surface area (Å²) in [5, 5.41) is 8.63. The van der Waals surface area contributed by atoms with Gasteiger partial charge in [-0.2, -0.15) is 4.57 Å². The van der Waals surface area contributed by atoms with Crippen LogP contribution in [0.15, 0.2) is 101 Å². The molecular formula is C31H22NO+. The maximum Gasteiger partial charge on any atom is 0.216 e. The van der Waals surface area contributed by atoms with Gasteiger partial charge in [-0.25, -0.2) is 0 Å². The van der Waals surface area contributed by atoms with Gasteiger partial charge in [0.05, 0.1) is 5.56 Å². The largest absolute Gasteiger partial charge is 0.455 e. The number of pyridine rings is 1. The molecular weight excluding hydrogens is 402 g/mol. The van der Waals surface area contributed by atoms with Crippen LogP contribution in [0.5, 0.6) is 0 Å². The van der Waals surface area contributed by atoms with Gasteiger partial charge in [0, 0.05) is 28.3 Å². The summed E-state index contributed by atoms with van der Waals surface area (Å²) in [6.07, 6.45) is 0. The number of rotatable bonds is 1. The zero-order valence-corrected chi connectivity index (χ0v) is 18.6. The van der Waals surface area contributed by atoms with E-state index in [9.17, 15) is 0 Å². The third-order valence-electron chi connectivity index (χ3n) is 7.07. The maximum atomic E-state index is 6.59. The minimum absolute atomic E-state index is 0.933. The number of hydrogen-bond acceptors (Lipinski definition) is 1. The van der Waals surface area contributed by atoms with E-state index < -0.39 is 0 Å². The average Bonchev–Trinajstić information content (AvgIpc) is 3.24. The van der Waals surface area contributed by atoms with Gasteiger partial charge in [-0.15, -0.1) is 0 Å². The van der Waals surface area contributed by atoms with E-state index >= 15 is 0 Å². The molecule has 0 aliphatic carbocycles. The Hall–Kier alpha value is -4.17. The van der Waals surface area contributed by atoms with Crippen LogP contribution in [0.2, 0.25) is 0 Å². The predicted octanol–water partition coefficient (Wildman–Crippen LogP) is 7.85. The fraction of sp³-hybridized carbons (Fsp3) is 0.0645. The Balaban J connectivity index is 1.61. The van der Waals surface area contributed by atoms with Gasteiger partial charge in [0.1, 0.15) is 18.2 Å². The molecule has 0 unspecified atom stereocenters. The van der Waals surface area contributed by atoms with Gasteiger partial charge in [0.15, 0.2) is 0 Å². The molecule has 0 saturated heterocycles. The van der Waals surface area contributed by atoms with Crippen LogP contribution in [-0.4, -0.2) is 0 Å². The summed E-state index contributed by atoms with van der Waals surface area (Å²) in [4.78, 5) is 0. The molecule has 156 valence electrons. The van der Waals surface area contributed by atoms with Gasteiger partial charge in [-0.3, -0.25) is 0 Å². The van der Waals surface area contributed by atoms with Gasteiger partial charge in [0.2, 0.25) is 11.2 Å². The topological polar surface area (TPSA) is 17.0 Å². The monoisotopic (exact) mass is 424 g/mol. The molecule has 7 rings (SSSR count). The normalized spacial score (nSPS) is 11.9. The first-order valence-electron chi connectivity index (χ1n) is 11.4. The minimum Gasteiger partial charge on any atom is -0.455 e. The molecule has 0 aliphatic heterocycles. The predicted molar refractivity (Wildman–Crippen MR) is 138 cm³/mol. The fourth-order valence-corrected chi connectivity index (χ4v) is 5.44. The lowest BCUT2D eigenvalue weighted by Crippen LogP contribution is -2.32. The van der Waals surface area contributed by atoms with Crippen LogP contribution >= 0.6 is 0 Å². The minimum atomic E-state index is 0.933. The van der Waals surface area contributed by atoms with Gasteiger partial charge in [0.25, 0.3) is 0 Å². The molecule has 2 heterocycles. The summed E-state index contributed by atoms with van der Waals surface area (Å²) in [7, 11) is 2.14. The van der Waals surface area contributed by atoms with E-state index in [0.29, 0.717) is 0 Å². The quantitative estimate of drug-likeness (QED) is 0.194. The molecule has 5 aromatic carbocycles. The molecule has 2 nitrogen and oxygen atoms in total. The van der Waals surface area contributed by atoms with Crippen molar-refractivity contribution < 1.29 is 8.98 Å². The van der Waals surface area contributed by atoms with E-state index in [1.165, 1.54) is 48.8 Å². The lowest BCUT2D eigenvalue weighted by Gasteiger charge is -2.07. The lowest BCUT2D eigenvalue weighted by molar-refractivity contribution is -0.633. The summed E-state index contributed by atoms with van der Waals surface area (Å²) in [6, 6.07) is 34.7. The van der Waals surface area contributed by atoms with E-state index in [0.717, 1.165) is 22.4 Å². The van der Waals surface area contributed by atoms with Crippen molar-refractivity contribution in [3.05, 3.63) is 103 Å². The third kappa shape index (κ3) is 2.52. The van der Waals surface area contributed by atoms with E-state index in [-0.39, 0.29) is 0 Å². The second-order valence-corrected chi connectivity index (χ2v) is 8.89. The Bertz CT molecular complexity index is 1890. The van der Waals surface area contributed by atoms with E-state index in [4.69, 9.17) is 4.42 Å². The molecule has 0 fully saturated rings. The zero-order valence-electron chi connectivity index (χ0n) is 18.6. The van der Waals surface area contributed by atoms with Gasteiger partial charge in [-0.1, -0.05) is 66.7 Å². The van der Waals surface area contributed by atoms with E-state index in [1.54, 1.807) is 0 Å². The Morgan fingerprint density at radius 2 is 1.33 bits per heavy atom. The molecule has 7 aromatic rings. The number of furan rings is 1. The summed E-state index contributed by atoms with van der Waals surface area (Å²) < 4.78 is 8.87.